The molecule has 0 saturated heterocycles. The van der Waals surface area contributed by atoms with E-state index in [1.807, 2.05) is 6.07 Å². The summed E-state index contributed by atoms with van der Waals surface area (Å²) < 4.78 is 15.2. The summed E-state index contributed by atoms with van der Waals surface area (Å²) in [5.41, 5.74) is 1.79. The SMILES string of the molecule is C[C@H](O)CNc1nccc(-c2cn(CC#N)nc2-c2cc(O)cc(F)c2)n1. The molecule has 8 nitrogen and oxygen atoms in total. The number of phenolic OH excluding ortho intramolecular Hbond substituents is 1. The Morgan fingerprint density at radius 1 is 1.37 bits per heavy atom. The fourth-order valence-electron chi connectivity index (χ4n) is 2.52. The second-order valence-electron chi connectivity index (χ2n) is 5.94. The van der Waals surface area contributed by atoms with Crippen molar-refractivity contribution in [1.29, 1.82) is 5.26 Å². The van der Waals surface area contributed by atoms with Crippen LogP contribution in [0.15, 0.2) is 36.7 Å². The van der Waals surface area contributed by atoms with Crippen LogP contribution in [0.4, 0.5) is 10.3 Å². The van der Waals surface area contributed by atoms with Crippen LogP contribution in [0.5, 0.6) is 5.75 Å². The van der Waals surface area contributed by atoms with Gasteiger partial charge in [-0.15, -0.1) is 0 Å². The van der Waals surface area contributed by atoms with Gasteiger partial charge in [-0.2, -0.15) is 10.4 Å². The van der Waals surface area contributed by atoms with Gasteiger partial charge < -0.3 is 15.5 Å². The normalized spacial score (nSPS) is 11.8. The van der Waals surface area contributed by atoms with Gasteiger partial charge in [-0.05, 0) is 25.1 Å². The predicted octanol–water partition coefficient (Wildman–Crippen LogP) is 2.17. The van der Waals surface area contributed by atoms with Gasteiger partial charge in [0.05, 0.1) is 17.9 Å². The summed E-state index contributed by atoms with van der Waals surface area (Å²) in [4.78, 5) is 8.49. The molecule has 27 heavy (non-hydrogen) atoms. The quantitative estimate of drug-likeness (QED) is 0.610. The van der Waals surface area contributed by atoms with Gasteiger partial charge in [-0.1, -0.05) is 0 Å². The molecule has 2 heterocycles. The fraction of sp³-hybridized carbons (Fsp3) is 0.222. The summed E-state index contributed by atoms with van der Waals surface area (Å²) in [5.74, 6) is -0.519. The molecule has 0 saturated carbocycles. The molecule has 3 aromatic rings. The minimum absolute atomic E-state index is 0.00646. The van der Waals surface area contributed by atoms with E-state index in [2.05, 4.69) is 20.4 Å². The van der Waals surface area contributed by atoms with E-state index in [-0.39, 0.29) is 18.8 Å². The Balaban J connectivity index is 2.07. The third-order valence-corrected chi connectivity index (χ3v) is 3.64. The number of nitriles is 1. The predicted molar refractivity (Wildman–Crippen MR) is 96.1 cm³/mol. The van der Waals surface area contributed by atoms with Crippen molar-refractivity contribution in [2.45, 2.75) is 19.6 Å². The van der Waals surface area contributed by atoms with Gasteiger partial charge in [0.25, 0.3) is 0 Å². The monoisotopic (exact) mass is 368 g/mol. The molecule has 9 heteroatoms. The molecule has 138 valence electrons. The third kappa shape index (κ3) is 4.37. The van der Waals surface area contributed by atoms with Gasteiger partial charge in [-0.3, -0.25) is 4.68 Å². The molecule has 3 N–H and O–H groups in total. The highest BCUT2D eigenvalue weighted by molar-refractivity contribution is 5.79. The number of nitrogens with one attached hydrogen (secondary N) is 1. The lowest BCUT2D eigenvalue weighted by molar-refractivity contribution is 0.208. The molecular weight excluding hydrogens is 351 g/mol. The van der Waals surface area contributed by atoms with Crippen molar-refractivity contribution >= 4 is 5.95 Å². The summed E-state index contributed by atoms with van der Waals surface area (Å²) in [6.07, 6.45) is 2.60. The Morgan fingerprint density at radius 2 is 2.19 bits per heavy atom. The number of anilines is 1. The zero-order chi connectivity index (χ0) is 19.4. The number of aliphatic hydroxyl groups excluding tert-OH is 1. The topological polar surface area (TPSA) is 120 Å². The lowest BCUT2D eigenvalue weighted by Gasteiger charge is -2.08. The molecule has 0 aliphatic rings. The van der Waals surface area contributed by atoms with Gasteiger partial charge in [0.1, 0.15) is 23.8 Å². The molecule has 0 spiro atoms. The first-order valence-electron chi connectivity index (χ1n) is 8.16. The van der Waals surface area contributed by atoms with Crippen LogP contribution in [0.1, 0.15) is 6.92 Å². The molecule has 2 aromatic heterocycles. The van der Waals surface area contributed by atoms with Gasteiger partial charge >= 0.3 is 0 Å². The Hall–Kier alpha value is -3.51. The van der Waals surface area contributed by atoms with Crippen molar-refractivity contribution in [3.05, 3.63) is 42.5 Å². The maximum Gasteiger partial charge on any atom is 0.223 e. The van der Waals surface area contributed by atoms with E-state index in [0.717, 1.165) is 6.07 Å². The number of benzene rings is 1. The minimum atomic E-state index is -0.604. The number of nitrogens with zero attached hydrogens (tertiary/aromatic N) is 5. The van der Waals surface area contributed by atoms with Gasteiger partial charge in [0, 0.05) is 36.1 Å². The number of hydrogen-bond donors (Lipinski definition) is 3. The van der Waals surface area contributed by atoms with Crippen LogP contribution in [-0.2, 0) is 6.54 Å². The van der Waals surface area contributed by atoms with Crippen LogP contribution in [0.3, 0.4) is 0 Å². The molecule has 0 bridgehead atoms. The second-order valence-corrected chi connectivity index (χ2v) is 5.94. The largest absolute Gasteiger partial charge is 0.508 e. The Morgan fingerprint density at radius 3 is 2.89 bits per heavy atom. The molecule has 0 aliphatic heterocycles. The van der Waals surface area contributed by atoms with Crippen molar-refractivity contribution in [3.8, 4) is 34.3 Å². The number of phenols is 1. The van der Waals surface area contributed by atoms with Crippen LogP contribution in [0, 0.1) is 17.1 Å². The van der Waals surface area contributed by atoms with E-state index in [1.165, 1.54) is 16.8 Å². The molecule has 0 amide bonds. The van der Waals surface area contributed by atoms with Gasteiger partial charge in [-0.25, -0.2) is 14.4 Å². The highest BCUT2D eigenvalue weighted by Gasteiger charge is 2.16. The van der Waals surface area contributed by atoms with Crippen LogP contribution in [-0.4, -0.2) is 42.6 Å². The molecule has 1 aromatic carbocycles. The molecule has 3 rings (SSSR count). The molecule has 0 aliphatic carbocycles. The summed E-state index contributed by atoms with van der Waals surface area (Å²) in [5, 5.41) is 35.3. The summed E-state index contributed by atoms with van der Waals surface area (Å²) in [6.45, 7) is 1.92. The molecule has 1 atom stereocenters. The molecular formula is C18H17FN6O2. The van der Waals surface area contributed by atoms with Crippen LogP contribution in [0.2, 0.25) is 0 Å². The number of aromatic nitrogens is 4. The average Bonchev–Trinajstić information content (AvgIpc) is 3.04. The number of hydrogen-bond acceptors (Lipinski definition) is 7. The van der Waals surface area contributed by atoms with Crippen LogP contribution >= 0.6 is 0 Å². The Kier molecular flexibility index (Phi) is 5.28. The molecule has 0 unspecified atom stereocenters. The maximum atomic E-state index is 13.7. The first-order chi connectivity index (χ1) is 13.0. The highest BCUT2D eigenvalue weighted by Crippen LogP contribution is 2.32. The smallest absolute Gasteiger partial charge is 0.223 e. The van der Waals surface area contributed by atoms with Crippen LogP contribution < -0.4 is 5.32 Å². The standard InChI is InChI=1S/C18H17FN6O2/c1-11(26)9-22-18-21-4-2-16(23-18)15-10-25(5-3-20)24-17(15)12-6-13(19)8-14(27)7-12/h2,4,6-8,10-11,26-27H,5,9H2,1H3,(H,21,22,23)/t11-/m0/s1. The number of aromatic hydroxyl groups is 1. The first kappa shape index (κ1) is 18.3. The van der Waals surface area contributed by atoms with E-state index in [1.54, 1.807) is 25.4 Å². The summed E-state index contributed by atoms with van der Waals surface area (Å²) >= 11 is 0. The fourth-order valence-corrected chi connectivity index (χ4v) is 2.52. The van der Waals surface area contributed by atoms with Crippen molar-refractivity contribution in [1.82, 2.24) is 19.7 Å². The average molecular weight is 368 g/mol. The summed E-state index contributed by atoms with van der Waals surface area (Å²) in [7, 11) is 0. The maximum absolute atomic E-state index is 13.7. The van der Waals surface area contributed by atoms with Crippen molar-refractivity contribution in [3.63, 3.8) is 0 Å². The lowest BCUT2D eigenvalue weighted by atomic mass is 10.1. The number of rotatable bonds is 6. The Bertz CT molecular complexity index is 976. The zero-order valence-electron chi connectivity index (χ0n) is 14.5. The first-order valence-corrected chi connectivity index (χ1v) is 8.16. The van der Waals surface area contributed by atoms with Crippen LogP contribution in [0.25, 0.3) is 22.5 Å². The third-order valence-electron chi connectivity index (χ3n) is 3.64. The van der Waals surface area contributed by atoms with Gasteiger partial charge in [0.2, 0.25) is 5.95 Å². The van der Waals surface area contributed by atoms with E-state index >= 15 is 0 Å². The second kappa shape index (κ2) is 7.80. The van der Waals surface area contributed by atoms with E-state index in [0.29, 0.717) is 28.5 Å². The minimum Gasteiger partial charge on any atom is -0.508 e. The molecule has 0 radical (unpaired) electrons. The van der Waals surface area contributed by atoms with Crippen molar-refractivity contribution < 1.29 is 14.6 Å². The van der Waals surface area contributed by atoms with Gasteiger partial charge in [0.15, 0.2) is 0 Å². The Labute approximate surface area is 154 Å². The van der Waals surface area contributed by atoms with Crippen molar-refractivity contribution in [2.24, 2.45) is 0 Å². The lowest BCUT2D eigenvalue weighted by Crippen LogP contribution is -2.16. The zero-order valence-corrected chi connectivity index (χ0v) is 14.5. The number of aliphatic hydroxyl groups is 1. The summed E-state index contributed by atoms with van der Waals surface area (Å²) in [6, 6.07) is 7.29. The van der Waals surface area contributed by atoms with E-state index in [4.69, 9.17) is 5.26 Å². The molecule has 0 fully saturated rings. The van der Waals surface area contributed by atoms with E-state index in [9.17, 15) is 14.6 Å². The van der Waals surface area contributed by atoms with Crippen molar-refractivity contribution in [2.75, 3.05) is 11.9 Å². The van der Waals surface area contributed by atoms with E-state index < -0.39 is 11.9 Å². The highest BCUT2D eigenvalue weighted by atomic mass is 19.1. The number of halogens is 1.